The van der Waals surface area contributed by atoms with Crippen molar-refractivity contribution in [2.75, 3.05) is 18.9 Å². The van der Waals surface area contributed by atoms with E-state index in [9.17, 15) is 26.0 Å². The van der Waals surface area contributed by atoms with E-state index in [1.54, 1.807) is 24.4 Å². The summed E-state index contributed by atoms with van der Waals surface area (Å²) in [5.41, 5.74) is 0.599. The minimum Gasteiger partial charge on any atom is -0.493 e. The molecule has 0 saturated heterocycles. The first-order valence-electron chi connectivity index (χ1n) is 10.9. The Labute approximate surface area is 211 Å². The number of ether oxygens (including phenoxy) is 2. The monoisotopic (exact) mass is 532 g/mol. The highest BCUT2D eigenvalue weighted by atomic mass is 32.2. The molecule has 192 valence electrons. The molecule has 1 N–H and O–H groups in total. The van der Waals surface area contributed by atoms with Crippen LogP contribution in [0.3, 0.4) is 0 Å². The molecule has 1 aromatic heterocycles. The molecule has 0 saturated carbocycles. The van der Waals surface area contributed by atoms with Crippen LogP contribution >= 0.6 is 0 Å². The molecule has 1 heterocycles. The van der Waals surface area contributed by atoms with Crippen LogP contribution in [-0.4, -0.2) is 35.5 Å². The van der Waals surface area contributed by atoms with Gasteiger partial charge in [-0.1, -0.05) is 23.7 Å². The first kappa shape index (κ1) is 26.3. The van der Waals surface area contributed by atoms with Gasteiger partial charge in [-0.05, 0) is 47.9 Å². The maximum atomic E-state index is 14.9. The Kier molecular flexibility index (Phi) is 7.05. The fraction of sp³-hybridized carbons (Fsp3) is 0.160. The van der Waals surface area contributed by atoms with Gasteiger partial charge in [-0.25, -0.2) is 12.8 Å². The van der Waals surface area contributed by atoms with Gasteiger partial charge in [-0.3, -0.25) is 9.71 Å². The number of hydrogen-bond donors (Lipinski definition) is 1. The molecule has 3 aromatic carbocycles. The molecule has 0 radical (unpaired) electrons. The van der Waals surface area contributed by atoms with Crippen LogP contribution in [0, 0.1) is 5.82 Å². The third-order valence-corrected chi connectivity index (χ3v) is 7.32. The normalized spacial score (nSPS) is 11.9. The lowest BCUT2D eigenvalue weighted by Gasteiger charge is -2.15. The maximum absolute atomic E-state index is 14.9. The second-order valence-electron chi connectivity index (χ2n) is 8.27. The molecule has 6 nitrogen and oxygen atoms in total. The summed E-state index contributed by atoms with van der Waals surface area (Å²) in [5.74, 6) is 0.145. The molecular formula is C25H21BF4N2O4S. The van der Waals surface area contributed by atoms with Crippen molar-refractivity contribution in [2.24, 2.45) is 0 Å². The maximum Gasteiger partial charge on any atom is 0.416 e. The van der Waals surface area contributed by atoms with Crippen LogP contribution in [0.25, 0.3) is 10.9 Å². The summed E-state index contributed by atoms with van der Waals surface area (Å²) >= 11 is 0. The van der Waals surface area contributed by atoms with Crippen molar-refractivity contribution >= 4 is 39.9 Å². The number of hydrogen-bond acceptors (Lipinski definition) is 5. The van der Waals surface area contributed by atoms with Crippen LogP contribution in [0.1, 0.15) is 16.7 Å². The van der Waals surface area contributed by atoms with Crippen molar-refractivity contribution in [1.29, 1.82) is 0 Å². The average molecular weight is 532 g/mol. The molecule has 37 heavy (non-hydrogen) atoms. The Morgan fingerprint density at radius 2 is 1.68 bits per heavy atom. The third-order valence-electron chi connectivity index (χ3n) is 5.81. The summed E-state index contributed by atoms with van der Waals surface area (Å²) in [7, 11) is -0.105. The molecule has 0 spiro atoms. The van der Waals surface area contributed by atoms with Gasteiger partial charge in [0.05, 0.1) is 35.9 Å². The fourth-order valence-corrected chi connectivity index (χ4v) is 5.26. The average Bonchev–Trinajstić information content (AvgIpc) is 2.84. The van der Waals surface area contributed by atoms with E-state index < -0.39 is 32.5 Å². The minimum atomic E-state index is -4.73. The van der Waals surface area contributed by atoms with Crippen molar-refractivity contribution in [3.8, 4) is 11.5 Å². The van der Waals surface area contributed by atoms with Crippen molar-refractivity contribution in [2.45, 2.75) is 17.5 Å². The Balaban J connectivity index is 1.63. The number of nitrogens with one attached hydrogen (secondary N) is 1. The van der Waals surface area contributed by atoms with Gasteiger partial charge in [0.2, 0.25) is 0 Å². The van der Waals surface area contributed by atoms with E-state index in [0.29, 0.717) is 35.1 Å². The lowest BCUT2D eigenvalue weighted by atomic mass is 9.95. The van der Waals surface area contributed by atoms with Crippen molar-refractivity contribution in [3.63, 3.8) is 0 Å². The van der Waals surface area contributed by atoms with Crippen molar-refractivity contribution < 1.29 is 35.5 Å². The van der Waals surface area contributed by atoms with Gasteiger partial charge in [0.15, 0.2) is 11.5 Å². The minimum absolute atomic E-state index is 0.0918. The number of sulfonamides is 1. The topological polar surface area (TPSA) is 77.5 Å². The molecule has 0 bridgehead atoms. The zero-order valence-corrected chi connectivity index (χ0v) is 20.8. The lowest BCUT2D eigenvalue weighted by Crippen LogP contribution is -2.23. The zero-order chi connectivity index (χ0) is 27.0. The van der Waals surface area contributed by atoms with E-state index in [1.165, 1.54) is 40.3 Å². The van der Waals surface area contributed by atoms with Gasteiger partial charge in [-0.2, -0.15) is 13.2 Å². The standard InChI is InChI=1S/C25H21BF4N2O4S/c1-35-22-12-17-15(7-8-31-21(17)13-23(22)36-2)9-14-3-6-20(19(27)10-14)32-37(33,34)24-11-16(25(28,29)30)4-5-18(24)26/h3-8,10-13,32H,9,26H2,1-2H3. The molecule has 0 amide bonds. The highest BCUT2D eigenvalue weighted by Crippen LogP contribution is 2.34. The fourth-order valence-electron chi connectivity index (χ4n) is 3.92. The number of alkyl halides is 3. The summed E-state index contributed by atoms with van der Waals surface area (Å²) in [6, 6.07) is 11.6. The Morgan fingerprint density at radius 1 is 0.973 bits per heavy atom. The van der Waals surface area contributed by atoms with E-state index in [0.717, 1.165) is 23.1 Å². The summed E-state index contributed by atoms with van der Waals surface area (Å²) in [5, 5.41) is 0.769. The lowest BCUT2D eigenvalue weighted by molar-refractivity contribution is -0.137. The first-order chi connectivity index (χ1) is 17.4. The van der Waals surface area contributed by atoms with E-state index >= 15 is 0 Å². The van der Waals surface area contributed by atoms with Crippen LogP contribution in [0.15, 0.2) is 65.7 Å². The number of nitrogens with zero attached hydrogens (tertiary/aromatic N) is 1. The van der Waals surface area contributed by atoms with Crippen LogP contribution in [-0.2, 0) is 22.6 Å². The zero-order valence-electron chi connectivity index (χ0n) is 20.0. The molecule has 0 atom stereocenters. The predicted molar refractivity (Wildman–Crippen MR) is 134 cm³/mol. The first-order valence-corrected chi connectivity index (χ1v) is 12.4. The number of anilines is 1. The second-order valence-corrected chi connectivity index (χ2v) is 9.92. The Bertz CT molecular complexity index is 1590. The van der Waals surface area contributed by atoms with Crippen molar-refractivity contribution in [1.82, 2.24) is 4.98 Å². The van der Waals surface area contributed by atoms with Gasteiger partial charge in [-0.15, -0.1) is 0 Å². The Hall–Kier alpha value is -3.80. The largest absolute Gasteiger partial charge is 0.493 e. The number of methoxy groups -OCH3 is 2. The number of rotatable bonds is 7. The van der Waals surface area contributed by atoms with Gasteiger partial charge in [0.25, 0.3) is 10.0 Å². The van der Waals surface area contributed by atoms with Gasteiger partial charge < -0.3 is 9.47 Å². The van der Waals surface area contributed by atoms with E-state index in [1.807, 2.05) is 0 Å². The molecule has 4 aromatic rings. The summed E-state index contributed by atoms with van der Waals surface area (Å²) in [6.45, 7) is 0. The van der Waals surface area contributed by atoms with E-state index in [4.69, 9.17) is 9.47 Å². The van der Waals surface area contributed by atoms with Gasteiger partial charge in [0.1, 0.15) is 13.7 Å². The van der Waals surface area contributed by atoms with Gasteiger partial charge >= 0.3 is 6.18 Å². The quantitative estimate of drug-likeness (QED) is 0.287. The van der Waals surface area contributed by atoms with E-state index in [-0.39, 0.29) is 11.2 Å². The molecule has 0 unspecified atom stereocenters. The van der Waals surface area contributed by atoms with Crippen LogP contribution < -0.4 is 19.7 Å². The summed E-state index contributed by atoms with van der Waals surface area (Å²) in [6.07, 6.45) is -2.82. The highest BCUT2D eigenvalue weighted by Gasteiger charge is 2.32. The molecule has 0 aliphatic heterocycles. The number of aromatic nitrogens is 1. The number of benzene rings is 3. The van der Waals surface area contributed by atoms with Crippen LogP contribution in [0.4, 0.5) is 23.2 Å². The number of fused-ring (bicyclic) bond motifs is 1. The highest BCUT2D eigenvalue weighted by molar-refractivity contribution is 7.93. The Morgan fingerprint density at radius 3 is 2.32 bits per heavy atom. The molecule has 0 aliphatic rings. The summed E-state index contributed by atoms with van der Waals surface area (Å²) < 4.78 is 92.6. The second kappa shape index (κ2) is 9.93. The molecule has 0 aliphatic carbocycles. The summed E-state index contributed by atoms with van der Waals surface area (Å²) in [4.78, 5) is 3.76. The SMILES string of the molecule is Bc1ccc(C(F)(F)F)cc1S(=O)(=O)Nc1ccc(Cc2ccnc3cc(OC)c(OC)cc23)cc1F. The predicted octanol–water partition coefficient (Wildman–Crippen LogP) is 4.06. The smallest absolute Gasteiger partial charge is 0.416 e. The molecular weight excluding hydrogens is 511 g/mol. The third kappa shape index (κ3) is 5.48. The molecule has 12 heteroatoms. The number of halogens is 4. The van der Waals surface area contributed by atoms with Crippen LogP contribution in [0.5, 0.6) is 11.5 Å². The van der Waals surface area contributed by atoms with Crippen molar-refractivity contribution in [3.05, 3.63) is 83.3 Å². The number of pyridine rings is 1. The van der Waals surface area contributed by atoms with Gasteiger partial charge in [0, 0.05) is 17.6 Å². The molecule has 4 rings (SSSR count). The van der Waals surface area contributed by atoms with Crippen LogP contribution in [0.2, 0.25) is 0 Å². The van der Waals surface area contributed by atoms with E-state index in [2.05, 4.69) is 9.71 Å². The molecule has 0 fully saturated rings.